The Morgan fingerprint density at radius 3 is 3.05 bits per heavy atom. The second kappa shape index (κ2) is 6.15. The number of rotatable bonds is 4. The highest BCUT2D eigenvalue weighted by Crippen LogP contribution is 2.18. The Kier molecular flexibility index (Phi) is 4.30. The van der Waals surface area contributed by atoms with Crippen LogP contribution in [-0.2, 0) is 4.74 Å². The van der Waals surface area contributed by atoms with Gasteiger partial charge in [-0.15, -0.1) is 0 Å². The van der Waals surface area contributed by atoms with Crippen molar-refractivity contribution < 1.29 is 9.53 Å². The van der Waals surface area contributed by atoms with E-state index < -0.39 is 6.09 Å². The molecule has 3 N–H and O–H groups in total. The molecule has 1 amide bonds. The molecule has 0 spiro atoms. The SMILES string of the molecule is CCOC(=O)NC(CN)c1ccc2ncccc2c1. The molecular weight excluding hydrogens is 242 g/mol. The van der Waals surface area contributed by atoms with Crippen LogP contribution in [0.3, 0.4) is 0 Å². The molecule has 1 unspecified atom stereocenters. The van der Waals surface area contributed by atoms with Crippen LogP contribution in [0.5, 0.6) is 0 Å². The van der Waals surface area contributed by atoms with Gasteiger partial charge in [0.1, 0.15) is 0 Å². The van der Waals surface area contributed by atoms with Crippen LogP contribution in [0.2, 0.25) is 0 Å². The van der Waals surface area contributed by atoms with Crippen LogP contribution in [0, 0.1) is 0 Å². The zero-order valence-electron chi connectivity index (χ0n) is 10.8. The largest absolute Gasteiger partial charge is 0.450 e. The van der Waals surface area contributed by atoms with Crippen molar-refractivity contribution in [1.29, 1.82) is 0 Å². The van der Waals surface area contributed by atoms with Crippen molar-refractivity contribution in [3.63, 3.8) is 0 Å². The molecule has 1 aromatic heterocycles. The molecular formula is C14H17N3O2. The number of nitrogens with zero attached hydrogens (tertiary/aromatic N) is 1. The first-order valence-corrected chi connectivity index (χ1v) is 6.22. The highest BCUT2D eigenvalue weighted by atomic mass is 16.5. The van der Waals surface area contributed by atoms with Crippen LogP contribution in [-0.4, -0.2) is 24.2 Å². The van der Waals surface area contributed by atoms with E-state index in [4.69, 9.17) is 10.5 Å². The molecule has 0 fully saturated rings. The monoisotopic (exact) mass is 259 g/mol. The van der Waals surface area contributed by atoms with E-state index in [1.807, 2.05) is 30.3 Å². The minimum atomic E-state index is -0.454. The Hall–Kier alpha value is -2.14. The molecule has 2 aromatic rings. The van der Waals surface area contributed by atoms with E-state index >= 15 is 0 Å². The van der Waals surface area contributed by atoms with E-state index in [0.717, 1.165) is 16.5 Å². The highest BCUT2D eigenvalue weighted by molar-refractivity contribution is 5.79. The van der Waals surface area contributed by atoms with E-state index in [1.54, 1.807) is 13.1 Å². The molecule has 1 heterocycles. The third kappa shape index (κ3) is 3.20. The highest BCUT2D eigenvalue weighted by Gasteiger charge is 2.13. The number of carbonyl (C=O) groups is 1. The molecule has 0 radical (unpaired) electrons. The molecule has 0 bridgehead atoms. The molecule has 0 saturated heterocycles. The summed E-state index contributed by atoms with van der Waals surface area (Å²) in [6, 6.07) is 9.40. The van der Waals surface area contributed by atoms with E-state index in [9.17, 15) is 4.79 Å². The number of pyridine rings is 1. The number of aromatic nitrogens is 1. The van der Waals surface area contributed by atoms with Crippen molar-refractivity contribution in [1.82, 2.24) is 10.3 Å². The molecule has 0 saturated carbocycles. The lowest BCUT2D eigenvalue weighted by molar-refractivity contribution is 0.148. The van der Waals surface area contributed by atoms with Crippen molar-refractivity contribution in [3.8, 4) is 0 Å². The summed E-state index contributed by atoms with van der Waals surface area (Å²) in [6.45, 7) is 2.41. The number of amides is 1. The van der Waals surface area contributed by atoms with Gasteiger partial charge >= 0.3 is 6.09 Å². The number of nitrogens with two attached hydrogens (primary N) is 1. The van der Waals surface area contributed by atoms with E-state index in [2.05, 4.69) is 10.3 Å². The normalized spacial score (nSPS) is 12.1. The molecule has 5 heteroatoms. The topological polar surface area (TPSA) is 77.2 Å². The van der Waals surface area contributed by atoms with Crippen LogP contribution in [0.1, 0.15) is 18.5 Å². The van der Waals surface area contributed by atoms with E-state index in [-0.39, 0.29) is 6.04 Å². The number of carbonyl (C=O) groups excluding carboxylic acids is 1. The van der Waals surface area contributed by atoms with E-state index in [1.165, 1.54) is 0 Å². The van der Waals surface area contributed by atoms with Gasteiger partial charge in [0.2, 0.25) is 0 Å². The first kappa shape index (κ1) is 13.3. The van der Waals surface area contributed by atoms with Gasteiger partial charge in [-0.1, -0.05) is 12.1 Å². The average molecular weight is 259 g/mol. The fourth-order valence-electron chi connectivity index (χ4n) is 1.90. The number of ether oxygens (including phenoxy) is 1. The van der Waals surface area contributed by atoms with Gasteiger partial charge in [-0.25, -0.2) is 4.79 Å². The first-order chi connectivity index (χ1) is 9.24. The predicted octanol–water partition coefficient (Wildman–Crippen LogP) is 1.98. The maximum Gasteiger partial charge on any atom is 0.407 e. The number of fused-ring (bicyclic) bond motifs is 1. The van der Waals surface area contributed by atoms with Crippen molar-refractivity contribution in [3.05, 3.63) is 42.1 Å². The fraction of sp³-hybridized carbons (Fsp3) is 0.286. The van der Waals surface area contributed by atoms with Gasteiger partial charge in [0.15, 0.2) is 0 Å². The number of hydrogen-bond donors (Lipinski definition) is 2. The lowest BCUT2D eigenvalue weighted by Gasteiger charge is -2.17. The van der Waals surface area contributed by atoms with Crippen LogP contribution in [0.25, 0.3) is 10.9 Å². The first-order valence-electron chi connectivity index (χ1n) is 6.22. The van der Waals surface area contributed by atoms with Crippen LogP contribution >= 0.6 is 0 Å². The second-order valence-corrected chi connectivity index (χ2v) is 4.11. The summed E-state index contributed by atoms with van der Waals surface area (Å²) < 4.78 is 4.87. The van der Waals surface area contributed by atoms with Gasteiger partial charge in [0, 0.05) is 18.1 Å². The smallest absolute Gasteiger partial charge is 0.407 e. The van der Waals surface area contributed by atoms with Gasteiger partial charge in [-0.05, 0) is 30.7 Å². The van der Waals surface area contributed by atoms with E-state index in [0.29, 0.717) is 13.2 Å². The Morgan fingerprint density at radius 1 is 1.47 bits per heavy atom. The standard InChI is InChI=1S/C14H17N3O2/c1-2-19-14(18)17-13(9-15)11-5-6-12-10(8-11)4-3-7-16-12/h3-8,13H,2,9,15H2,1H3,(H,17,18). The number of hydrogen-bond acceptors (Lipinski definition) is 4. The fourth-order valence-corrected chi connectivity index (χ4v) is 1.90. The quantitative estimate of drug-likeness (QED) is 0.880. The molecule has 1 atom stereocenters. The zero-order valence-corrected chi connectivity index (χ0v) is 10.8. The number of benzene rings is 1. The lowest BCUT2D eigenvalue weighted by Crippen LogP contribution is -2.33. The van der Waals surface area contributed by atoms with Crippen LogP contribution in [0.4, 0.5) is 4.79 Å². The molecule has 2 rings (SSSR count). The predicted molar refractivity (Wildman–Crippen MR) is 73.7 cm³/mol. The summed E-state index contributed by atoms with van der Waals surface area (Å²) in [6.07, 6.45) is 1.29. The summed E-state index contributed by atoms with van der Waals surface area (Å²) in [5.74, 6) is 0. The summed E-state index contributed by atoms with van der Waals surface area (Å²) >= 11 is 0. The maximum absolute atomic E-state index is 11.4. The molecule has 0 aliphatic carbocycles. The molecule has 1 aromatic carbocycles. The van der Waals surface area contributed by atoms with Crippen LogP contribution in [0.15, 0.2) is 36.5 Å². The Bertz CT molecular complexity index is 571. The summed E-state index contributed by atoms with van der Waals surface area (Å²) in [5.41, 5.74) is 7.56. The zero-order chi connectivity index (χ0) is 13.7. The molecule has 19 heavy (non-hydrogen) atoms. The number of nitrogens with one attached hydrogen (secondary N) is 1. The summed E-state index contributed by atoms with van der Waals surface area (Å²) in [7, 11) is 0. The third-order valence-electron chi connectivity index (χ3n) is 2.83. The van der Waals surface area contributed by atoms with Crippen LogP contribution < -0.4 is 11.1 Å². The summed E-state index contributed by atoms with van der Waals surface area (Å²) in [4.78, 5) is 15.7. The molecule has 0 aliphatic heterocycles. The molecule has 0 aliphatic rings. The Balaban J connectivity index is 2.22. The van der Waals surface area contributed by atoms with Gasteiger partial charge in [-0.3, -0.25) is 4.98 Å². The minimum absolute atomic E-state index is 0.261. The Labute approximate surface area is 111 Å². The van der Waals surface area contributed by atoms with Crippen molar-refractivity contribution >= 4 is 17.0 Å². The second-order valence-electron chi connectivity index (χ2n) is 4.11. The number of alkyl carbamates (subject to hydrolysis) is 1. The van der Waals surface area contributed by atoms with Crippen molar-refractivity contribution in [2.75, 3.05) is 13.2 Å². The van der Waals surface area contributed by atoms with Gasteiger partial charge in [-0.2, -0.15) is 0 Å². The average Bonchev–Trinajstić information content (AvgIpc) is 2.44. The van der Waals surface area contributed by atoms with Gasteiger partial charge in [0.05, 0.1) is 18.2 Å². The van der Waals surface area contributed by atoms with Crippen molar-refractivity contribution in [2.45, 2.75) is 13.0 Å². The van der Waals surface area contributed by atoms with Crippen molar-refractivity contribution in [2.24, 2.45) is 5.73 Å². The maximum atomic E-state index is 11.4. The Morgan fingerprint density at radius 2 is 2.32 bits per heavy atom. The minimum Gasteiger partial charge on any atom is -0.450 e. The summed E-state index contributed by atoms with van der Waals surface area (Å²) in [5, 5.41) is 3.76. The third-order valence-corrected chi connectivity index (χ3v) is 2.83. The molecule has 100 valence electrons. The van der Waals surface area contributed by atoms with Gasteiger partial charge in [0.25, 0.3) is 0 Å². The molecule has 5 nitrogen and oxygen atoms in total. The van der Waals surface area contributed by atoms with Gasteiger partial charge < -0.3 is 15.8 Å². The lowest BCUT2D eigenvalue weighted by atomic mass is 10.0.